The first-order chi connectivity index (χ1) is 13.6. The van der Waals surface area contributed by atoms with Gasteiger partial charge in [-0.1, -0.05) is 6.07 Å². The van der Waals surface area contributed by atoms with Crippen molar-refractivity contribution in [2.45, 2.75) is 20.8 Å². The van der Waals surface area contributed by atoms with Crippen molar-refractivity contribution in [2.75, 3.05) is 32.2 Å². The minimum atomic E-state index is -0.276. The van der Waals surface area contributed by atoms with Crippen LogP contribution in [-0.2, 0) is 4.79 Å². The molecule has 0 aromatic heterocycles. The van der Waals surface area contributed by atoms with Crippen molar-refractivity contribution in [1.82, 2.24) is 0 Å². The summed E-state index contributed by atoms with van der Waals surface area (Å²) in [5.41, 5.74) is 1.38. The van der Waals surface area contributed by atoms with E-state index in [1.54, 1.807) is 25.3 Å². The molecule has 150 valence electrons. The molecule has 0 radical (unpaired) electrons. The Bertz CT molecular complexity index is 817. The van der Waals surface area contributed by atoms with Crippen molar-refractivity contribution in [2.24, 2.45) is 0 Å². The molecule has 0 saturated heterocycles. The maximum atomic E-state index is 12.4. The normalized spacial score (nSPS) is 10.6. The van der Waals surface area contributed by atoms with E-state index in [2.05, 4.69) is 5.32 Å². The van der Waals surface area contributed by atoms with Gasteiger partial charge in [-0.2, -0.15) is 0 Å². The van der Waals surface area contributed by atoms with Crippen LogP contribution >= 0.6 is 0 Å². The van der Waals surface area contributed by atoms with E-state index < -0.39 is 0 Å². The third kappa shape index (κ3) is 5.94. The lowest BCUT2D eigenvalue weighted by Gasteiger charge is -2.12. The fourth-order valence-corrected chi connectivity index (χ4v) is 2.55. The fraction of sp³-hybridized carbons (Fsp3) is 0.318. The average molecular weight is 385 g/mol. The van der Waals surface area contributed by atoms with Crippen molar-refractivity contribution in [3.05, 3.63) is 48.0 Å². The number of carbonyl (C=O) groups excluding carboxylic acids is 1. The van der Waals surface area contributed by atoms with Crippen LogP contribution in [0.5, 0.6) is 23.0 Å². The molecule has 2 aromatic carbocycles. The summed E-state index contributed by atoms with van der Waals surface area (Å²) in [5, 5.41) is 2.84. The summed E-state index contributed by atoms with van der Waals surface area (Å²) in [5.74, 6) is 2.27. The molecule has 28 heavy (non-hydrogen) atoms. The van der Waals surface area contributed by atoms with Gasteiger partial charge >= 0.3 is 0 Å². The number of hydrogen-bond acceptors (Lipinski definition) is 5. The Labute approximate surface area is 166 Å². The molecule has 0 atom stereocenters. The zero-order chi connectivity index (χ0) is 20.4. The Morgan fingerprint density at radius 1 is 0.893 bits per heavy atom. The van der Waals surface area contributed by atoms with Gasteiger partial charge in [0, 0.05) is 12.1 Å². The minimum Gasteiger partial charge on any atom is -0.494 e. The molecule has 1 amide bonds. The van der Waals surface area contributed by atoms with Gasteiger partial charge in [-0.05, 0) is 56.7 Å². The zero-order valence-corrected chi connectivity index (χ0v) is 16.8. The number of hydrogen-bond donors (Lipinski definition) is 1. The van der Waals surface area contributed by atoms with E-state index in [1.165, 1.54) is 6.08 Å². The van der Waals surface area contributed by atoms with Crippen molar-refractivity contribution >= 4 is 17.7 Å². The van der Waals surface area contributed by atoms with Gasteiger partial charge in [-0.3, -0.25) is 4.79 Å². The molecule has 0 saturated carbocycles. The third-order valence-corrected chi connectivity index (χ3v) is 3.73. The van der Waals surface area contributed by atoms with Gasteiger partial charge in [0.15, 0.2) is 11.5 Å². The molecule has 6 heteroatoms. The van der Waals surface area contributed by atoms with Gasteiger partial charge in [0.05, 0.1) is 32.6 Å². The van der Waals surface area contributed by atoms with Gasteiger partial charge in [0.1, 0.15) is 11.5 Å². The second-order valence-corrected chi connectivity index (χ2v) is 5.69. The standard InChI is InChI=1S/C22H27NO5/c1-5-26-17-10-12-19(27-6-2)18(15-17)23-22(24)13-9-16-8-11-20(28-7-3)21(14-16)25-4/h8-15H,5-7H2,1-4H3,(H,23,24)/b13-9+. The zero-order valence-electron chi connectivity index (χ0n) is 16.8. The Kier molecular flexibility index (Phi) is 8.21. The highest BCUT2D eigenvalue weighted by molar-refractivity contribution is 6.03. The molecular formula is C22H27NO5. The van der Waals surface area contributed by atoms with Crippen LogP contribution in [0, 0.1) is 0 Å². The molecule has 6 nitrogen and oxygen atoms in total. The largest absolute Gasteiger partial charge is 0.494 e. The Hall–Kier alpha value is -3.15. The van der Waals surface area contributed by atoms with Crippen LogP contribution in [-0.4, -0.2) is 32.8 Å². The monoisotopic (exact) mass is 385 g/mol. The van der Waals surface area contributed by atoms with Crippen LogP contribution in [0.4, 0.5) is 5.69 Å². The van der Waals surface area contributed by atoms with Gasteiger partial charge in [0.2, 0.25) is 5.91 Å². The third-order valence-electron chi connectivity index (χ3n) is 3.73. The second-order valence-electron chi connectivity index (χ2n) is 5.69. The van der Waals surface area contributed by atoms with E-state index in [9.17, 15) is 4.79 Å². The maximum Gasteiger partial charge on any atom is 0.248 e. The molecule has 1 N–H and O–H groups in total. The first-order valence-electron chi connectivity index (χ1n) is 9.30. The summed E-state index contributed by atoms with van der Waals surface area (Å²) in [6, 6.07) is 10.8. The summed E-state index contributed by atoms with van der Waals surface area (Å²) >= 11 is 0. The van der Waals surface area contributed by atoms with Crippen molar-refractivity contribution < 1.29 is 23.7 Å². The summed E-state index contributed by atoms with van der Waals surface area (Å²) in [6.07, 6.45) is 3.17. The first-order valence-corrected chi connectivity index (χ1v) is 9.30. The molecule has 0 heterocycles. The Morgan fingerprint density at radius 2 is 1.57 bits per heavy atom. The first kappa shape index (κ1) is 21.2. The van der Waals surface area contributed by atoms with Crippen LogP contribution in [0.1, 0.15) is 26.3 Å². The molecule has 0 fully saturated rings. The number of anilines is 1. The lowest BCUT2D eigenvalue weighted by atomic mass is 10.2. The lowest BCUT2D eigenvalue weighted by Crippen LogP contribution is -2.10. The van der Waals surface area contributed by atoms with Crippen LogP contribution in [0.25, 0.3) is 6.08 Å². The quantitative estimate of drug-likeness (QED) is 0.608. The molecule has 0 unspecified atom stereocenters. The van der Waals surface area contributed by atoms with Crippen LogP contribution in [0.3, 0.4) is 0 Å². The predicted molar refractivity (Wildman–Crippen MR) is 111 cm³/mol. The fourth-order valence-electron chi connectivity index (χ4n) is 2.55. The molecular weight excluding hydrogens is 358 g/mol. The number of rotatable bonds is 10. The summed E-state index contributed by atoms with van der Waals surface area (Å²) in [4.78, 5) is 12.4. The van der Waals surface area contributed by atoms with Gasteiger partial charge in [-0.15, -0.1) is 0 Å². The van der Waals surface area contributed by atoms with E-state index in [0.717, 1.165) is 5.56 Å². The molecule has 0 aliphatic heterocycles. The Balaban J connectivity index is 2.14. The van der Waals surface area contributed by atoms with Gasteiger partial charge in [0.25, 0.3) is 0 Å². The molecule has 0 spiro atoms. The summed E-state index contributed by atoms with van der Waals surface area (Å²) in [7, 11) is 1.58. The van der Waals surface area contributed by atoms with E-state index in [1.807, 2.05) is 45.0 Å². The highest BCUT2D eigenvalue weighted by atomic mass is 16.5. The van der Waals surface area contributed by atoms with Crippen LogP contribution < -0.4 is 24.3 Å². The van der Waals surface area contributed by atoms with Crippen LogP contribution in [0.2, 0.25) is 0 Å². The predicted octanol–water partition coefficient (Wildman–Crippen LogP) is 4.54. The summed E-state index contributed by atoms with van der Waals surface area (Å²) in [6.45, 7) is 7.30. The van der Waals surface area contributed by atoms with Crippen LogP contribution in [0.15, 0.2) is 42.5 Å². The van der Waals surface area contributed by atoms with E-state index in [0.29, 0.717) is 48.5 Å². The van der Waals surface area contributed by atoms with Gasteiger partial charge in [-0.25, -0.2) is 0 Å². The summed E-state index contributed by atoms with van der Waals surface area (Å²) < 4.78 is 21.9. The number of ether oxygens (including phenoxy) is 4. The molecule has 2 rings (SSSR count). The van der Waals surface area contributed by atoms with Crippen molar-refractivity contribution in [1.29, 1.82) is 0 Å². The van der Waals surface area contributed by atoms with Gasteiger partial charge < -0.3 is 24.3 Å². The SMILES string of the molecule is CCOc1ccc(OCC)c(NC(=O)/C=C/c2ccc(OCC)c(OC)c2)c1. The van der Waals surface area contributed by atoms with Crippen molar-refractivity contribution in [3.8, 4) is 23.0 Å². The molecule has 0 bridgehead atoms. The number of methoxy groups -OCH3 is 1. The minimum absolute atomic E-state index is 0.276. The molecule has 0 aliphatic rings. The lowest BCUT2D eigenvalue weighted by molar-refractivity contribution is -0.111. The van der Waals surface area contributed by atoms with E-state index in [-0.39, 0.29) is 5.91 Å². The topological polar surface area (TPSA) is 66.0 Å². The second kappa shape index (κ2) is 10.9. The van der Waals surface area contributed by atoms with Crippen molar-refractivity contribution in [3.63, 3.8) is 0 Å². The number of amides is 1. The smallest absolute Gasteiger partial charge is 0.248 e. The highest BCUT2D eigenvalue weighted by Gasteiger charge is 2.09. The molecule has 0 aliphatic carbocycles. The number of nitrogens with one attached hydrogen (secondary N) is 1. The highest BCUT2D eigenvalue weighted by Crippen LogP contribution is 2.30. The number of carbonyl (C=O) groups is 1. The van der Waals surface area contributed by atoms with E-state index >= 15 is 0 Å². The Morgan fingerprint density at radius 3 is 2.25 bits per heavy atom. The van der Waals surface area contributed by atoms with E-state index in [4.69, 9.17) is 18.9 Å². The average Bonchev–Trinajstić information content (AvgIpc) is 2.69. The number of benzene rings is 2. The maximum absolute atomic E-state index is 12.4. The molecule has 2 aromatic rings.